The topological polar surface area (TPSA) is 67.9 Å². The molecule has 1 aromatic heterocycles. The van der Waals surface area contributed by atoms with E-state index in [4.69, 9.17) is 9.47 Å². The summed E-state index contributed by atoms with van der Waals surface area (Å²) in [6.45, 7) is 3.80. The van der Waals surface area contributed by atoms with Crippen LogP contribution in [0, 0.1) is 5.92 Å². The van der Waals surface area contributed by atoms with Crippen molar-refractivity contribution in [3.05, 3.63) is 113 Å². The van der Waals surface area contributed by atoms with Crippen LogP contribution >= 0.6 is 11.3 Å². The predicted molar refractivity (Wildman–Crippen MR) is 163 cm³/mol. The highest BCUT2D eigenvalue weighted by atomic mass is 32.1. The third kappa shape index (κ3) is 7.63. The molecule has 5 rings (SSSR count). The average Bonchev–Trinajstić information content (AvgIpc) is 3.50. The van der Waals surface area contributed by atoms with Crippen molar-refractivity contribution in [1.29, 1.82) is 0 Å². The first kappa shape index (κ1) is 28.6. The number of nitrogens with one attached hydrogen (secondary N) is 1. The molecule has 0 spiro atoms. The molecule has 212 valence electrons. The Morgan fingerprint density at radius 1 is 0.976 bits per heavy atom. The van der Waals surface area contributed by atoms with Gasteiger partial charge in [-0.15, -0.1) is 11.3 Å². The first-order valence-electron chi connectivity index (χ1n) is 14.1. The molecule has 4 aromatic rings. The predicted octanol–water partition coefficient (Wildman–Crippen LogP) is 6.26. The number of nitrogens with zero attached hydrogens (tertiary/aromatic N) is 1. The first-order valence-corrected chi connectivity index (χ1v) is 14.9. The molecule has 6 nitrogen and oxygen atoms in total. The third-order valence-corrected chi connectivity index (χ3v) is 8.74. The molecule has 1 atom stereocenters. The Morgan fingerprint density at radius 2 is 1.76 bits per heavy atom. The fraction of sp³-hybridized carbons (Fsp3) is 0.294. The van der Waals surface area contributed by atoms with E-state index in [1.165, 1.54) is 5.56 Å². The van der Waals surface area contributed by atoms with E-state index >= 15 is 0 Å². The maximum absolute atomic E-state index is 13.6. The lowest BCUT2D eigenvalue weighted by atomic mass is 9.90. The summed E-state index contributed by atoms with van der Waals surface area (Å²) < 4.78 is 11.4. The van der Waals surface area contributed by atoms with Gasteiger partial charge in [-0.05, 0) is 84.4 Å². The van der Waals surface area contributed by atoms with Crippen molar-refractivity contribution >= 4 is 23.7 Å². The number of hydrogen-bond donors (Lipinski definition) is 1. The maximum Gasteiger partial charge on any atom is 0.317 e. The molecule has 41 heavy (non-hydrogen) atoms. The molecule has 0 bridgehead atoms. The van der Waals surface area contributed by atoms with Gasteiger partial charge in [-0.1, -0.05) is 60.7 Å². The zero-order chi connectivity index (χ0) is 28.4. The smallest absolute Gasteiger partial charge is 0.317 e. The number of likely N-dealkylation sites (tertiary alicyclic amines) is 1. The highest BCUT2D eigenvalue weighted by molar-refractivity contribution is 7.15. The minimum atomic E-state index is -0.500. The summed E-state index contributed by atoms with van der Waals surface area (Å²) in [6, 6.07) is 30.3. The molecule has 1 N–H and O–H groups in total. The number of hydrogen-bond acceptors (Lipinski definition) is 6. The Kier molecular flexibility index (Phi) is 9.83. The van der Waals surface area contributed by atoms with Gasteiger partial charge in [-0.25, -0.2) is 0 Å². The van der Waals surface area contributed by atoms with Crippen molar-refractivity contribution in [1.82, 2.24) is 10.2 Å². The minimum Gasteiger partial charge on any atom is -0.497 e. The van der Waals surface area contributed by atoms with Crippen LogP contribution in [0.3, 0.4) is 0 Å². The van der Waals surface area contributed by atoms with Crippen LogP contribution in [0.25, 0.3) is 10.4 Å². The van der Waals surface area contributed by atoms with Crippen molar-refractivity contribution < 1.29 is 19.1 Å². The Bertz CT molecular complexity index is 1430. The second-order valence-electron chi connectivity index (χ2n) is 10.4. The van der Waals surface area contributed by atoms with Crippen LogP contribution in [-0.4, -0.2) is 44.1 Å². The zero-order valence-electron chi connectivity index (χ0n) is 23.3. The molecule has 0 aliphatic carbocycles. The summed E-state index contributed by atoms with van der Waals surface area (Å²) in [5.74, 6) is 0.525. The van der Waals surface area contributed by atoms with Gasteiger partial charge in [0, 0.05) is 16.3 Å². The summed E-state index contributed by atoms with van der Waals surface area (Å²) in [4.78, 5) is 28.9. The van der Waals surface area contributed by atoms with Crippen molar-refractivity contribution in [2.75, 3.05) is 26.8 Å². The Balaban J connectivity index is 1.23. The van der Waals surface area contributed by atoms with Gasteiger partial charge in [-0.2, -0.15) is 0 Å². The van der Waals surface area contributed by atoms with Crippen LogP contribution in [-0.2, 0) is 27.4 Å². The number of carbonyl (C=O) groups is 2. The molecule has 1 saturated heterocycles. The summed E-state index contributed by atoms with van der Waals surface area (Å²) in [6.07, 6.45) is 2.71. The second kappa shape index (κ2) is 14.1. The Labute approximate surface area is 245 Å². The van der Waals surface area contributed by atoms with Gasteiger partial charge in [0.1, 0.15) is 11.7 Å². The van der Waals surface area contributed by atoms with Crippen LogP contribution in [0.1, 0.15) is 40.3 Å². The van der Waals surface area contributed by atoms with E-state index in [0.717, 1.165) is 64.7 Å². The minimum absolute atomic E-state index is 0.214. The average molecular weight is 569 g/mol. The van der Waals surface area contributed by atoms with E-state index in [2.05, 4.69) is 40.5 Å². The zero-order valence-corrected chi connectivity index (χ0v) is 24.1. The maximum atomic E-state index is 13.6. The van der Waals surface area contributed by atoms with Gasteiger partial charge in [0.15, 0.2) is 0 Å². The number of ether oxygens (including phenoxy) is 2. The van der Waals surface area contributed by atoms with Gasteiger partial charge in [0.2, 0.25) is 6.41 Å². The van der Waals surface area contributed by atoms with E-state index in [-0.39, 0.29) is 5.97 Å². The van der Waals surface area contributed by atoms with Crippen LogP contribution in [0.15, 0.2) is 91.0 Å². The van der Waals surface area contributed by atoms with Crippen LogP contribution in [0.2, 0.25) is 0 Å². The second-order valence-corrected chi connectivity index (χ2v) is 11.6. The van der Waals surface area contributed by atoms with Gasteiger partial charge in [0.05, 0.1) is 20.3 Å². The summed E-state index contributed by atoms with van der Waals surface area (Å²) in [7, 11) is 1.70. The number of methoxy groups -OCH3 is 1. The lowest BCUT2D eigenvalue weighted by Gasteiger charge is -2.32. The molecule has 0 saturated carbocycles. The Hall–Kier alpha value is -3.94. The number of piperidine rings is 1. The molecule has 1 fully saturated rings. The van der Waals surface area contributed by atoms with E-state index < -0.39 is 5.92 Å². The van der Waals surface area contributed by atoms with E-state index in [1.54, 1.807) is 18.4 Å². The van der Waals surface area contributed by atoms with Crippen molar-refractivity contribution in [2.24, 2.45) is 5.92 Å². The van der Waals surface area contributed by atoms with Crippen LogP contribution in [0.5, 0.6) is 5.75 Å². The lowest BCUT2D eigenvalue weighted by Crippen LogP contribution is -2.35. The molecule has 1 amide bonds. The number of benzene rings is 3. The highest BCUT2D eigenvalue weighted by Gasteiger charge is 2.27. The van der Waals surface area contributed by atoms with E-state index in [1.807, 2.05) is 60.7 Å². The van der Waals surface area contributed by atoms with Crippen LogP contribution < -0.4 is 10.1 Å². The largest absolute Gasteiger partial charge is 0.497 e. The number of thiophene rings is 1. The quantitative estimate of drug-likeness (QED) is 0.162. The molecular weight excluding hydrogens is 532 g/mol. The fourth-order valence-electron chi connectivity index (χ4n) is 5.38. The van der Waals surface area contributed by atoms with Gasteiger partial charge >= 0.3 is 5.97 Å². The van der Waals surface area contributed by atoms with Gasteiger partial charge in [0.25, 0.3) is 0 Å². The lowest BCUT2D eigenvalue weighted by molar-refractivity contribution is -0.146. The van der Waals surface area contributed by atoms with Crippen LogP contribution in [0.4, 0.5) is 0 Å². The Morgan fingerprint density at radius 3 is 2.54 bits per heavy atom. The molecule has 7 heteroatoms. The molecule has 1 aliphatic heterocycles. The van der Waals surface area contributed by atoms with Gasteiger partial charge in [-0.3, -0.25) is 14.5 Å². The van der Waals surface area contributed by atoms with Gasteiger partial charge < -0.3 is 14.8 Å². The summed E-state index contributed by atoms with van der Waals surface area (Å²) >= 11 is 1.63. The van der Waals surface area contributed by atoms with Crippen molar-refractivity contribution in [3.8, 4) is 16.2 Å². The monoisotopic (exact) mass is 568 g/mol. The summed E-state index contributed by atoms with van der Waals surface area (Å²) in [5.41, 5.74) is 4.12. The molecule has 1 unspecified atom stereocenters. The normalized spacial score (nSPS) is 14.8. The molecule has 0 radical (unpaired) electrons. The van der Waals surface area contributed by atoms with E-state index in [0.29, 0.717) is 25.5 Å². The standard InChI is InChI=1S/C34H36N2O4S/c1-39-30-12-5-7-26(19-30)22-36-17-15-25(16-18-36)23-40-34(38)33(27-8-3-2-4-9-27)29-11-6-10-28(20-29)32-14-13-31(41-32)21-35-24-37/h2-14,19-20,24-25,33H,15-18,21-23H2,1H3,(H,35,37). The molecule has 1 aliphatic rings. The number of amides is 1. The number of esters is 1. The highest BCUT2D eigenvalue weighted by Crippen LogP contribution is 2.33. The molecular formula is C34H36N2O4S. The number of carbonyl (C=O) groups excluding carboxylic acids is 2. The van der Waals surface area contributed by atoms with Crippen molar-refractivity contribution in [3.63, 3.8) is 0 Å². The summed E-state index contributed by atoms with van der Waals surface area (Å²) in [5, 5.41) is 2.72. The first-order chi connectivity index (χ1) is 20.1. The fourth-order valence-corrected chi connectivity index (χ4v) is 6.33. The SMILES string of the molecule is COc1cccc(CN2CCC(COC(=O)C(c3ccccc3)c3cccc(-c4ccc(CNC=O)s4)c3)CC2)c1. The number of rotatable bonds is 12. The van der Waals surface area contributed by atoms with E-state index in [9.17, 15) is 9.59 Å². The third-order valence-electron chi connectivity index (χ3n) is 7.60. The molecule has 2 heterocycles. The van der Waals surface area contributed by atoms with Crippen molar-refractivity contribution in [2.45, 2.75) is 31.8 Å². The molecule has 3 aromatic carbocycles.